The molecule has 1 N–H and O–H groups in total. The number of aromatic nitrogens is 2. The number of anilines is 1. The molecule has 1 saturated heterocycles. The molecule has 0 saturated carbocycles. The minimum Gasteiger partial charge on any atom is -0.325 e. The predicted molar refractivity (Wildman–Crippen MR) is 137 cm³/mol. The fourth-order valence-electron chi connectivity index (χ4n) is 4.23. The molecule has 1 amide bonds. The van der Waals surface area contributed by atoms with Crippen LogP contribution < -0.4 is 10.9 Å². The lowest BCUT2D eigenvalue weighted by molar-refractivity contribution is -0.116. The SMILES string of the molecule is O=C(Cn1cnc2scc(-c3ccccc3)c2c1=O)Nc1ccc(S(=O)(=O)N2CCCCC2)cc1. The van der Waals surface area contributed by atoms with Crippen molar-refractivity contribution in [2.45, 2.75) is 30.7 Å². The van der Waals surface area contributed by atoms with Crippen molar-refractivity contribution >= 4 is 43.2 Å². The molecule has 35 heavy (non-hydrogen) atoms. The zero-order chi connectivity index (χ0) is 24.4. The number of carbonyl (C=O) groups is 1. The van der Waals surface area contributed by atoms with Gasteiger partial charge in [0.2, 0.25) is 15.9 Å². The molecule has 1 fully saturated rings. The summed E-state index contributed by atoms with van der Waals surface area (Å²) in [5.74, 6) is -0.406. The Morgan fingerprint density at radius 3 is 2.43 bits per heavy atom. The summed E-state index contributed by atoms with van der Waals surface area (Å²) in [6.45, 7) is 0.855. The fourth-order valence-corrected chi connectivity index (χ4v) is 6.65. The van der Waals surface area contributed by atoms with Crippen LogP contribution in [0.1, 0.15) is 19.3 Å². The maximum absolute atomic E-state index is 13.2. The Balaban J connectivity index is 1.32. The molecule has 5 rings (SSSR count). The largest absolute Gasteiger partial charge is 0.325 e. The van der Waals surface area contributed by atoms with E-state index < -0.39 is 15.9 Å². The molecule has 0 unspecified atom stereocenters. The Morgan fingerprint density at radius 1 is 1.00 bits per heavy atom. The molecule has 0 spiro atoms. The molecule has 0 aliphatic carbocycles. The Kier molecular flexibility index (Phi) is 6.50. The van der Waals surface area contributed by atoms with Gasteiger partial charge in [-0.25, -0.2) is 13.4 Å². The van der Waals surface area contributed by atoms with Crippen LogP contribution in [0.15, 0.2) is 76.0 Å². The lowest BCUT2D eigenvalue weighted by Crippen LogP contribution is -2.35. The third-order valence-electron chi connectivity index (χ3n) is 6.05. The zero-order valence-corrected chi connectivity index (χ0v) is 20.5. The van der Waals surface area contributed by atoms with E-state index in [2.05, 4.69) is 10.3 Å². The lowest BCUT2D eigenvalue weighted by Gasteiger charge is -2.25. The second kappa shape index (κ2) is 9.73. The van der Waals surface area contributed by atoms with E-state index >= 15 is 0 Å². The van der Waals surface area contributed by atoms with Gasteiger partial charge < -0.3 is 5.32 Å². The van der Waals surface area contributed by atoms with Gasteiger partial charge >= 0.3 is 0 Å². The quantitative estimate of drug-likeness (QED) is 0.425. The Hall–Kier alpha value is -3.34. The summed E-state index contributed by atoms with van der Waals surface area (Å²) in [6, 6.07) is 15.7. The molecule has 180 valence electrons. The van der Waals surface area contributed by atoms with Crippen LogP contribution in [-0.4, -0.2) is 41.3 Å². The average Bonchev–Trinajstić information content (AvgIpc) is 3.32. The van der Waals surface area contributed by atoms with Crippen molar-refractivity contribution in [1.29, 1.82) is 0 Å². The van der Waals surface area contributed by atoms with Crippen LogP contribution in [0.4, 0.5) is 5.69 Å². The van der Waals surface area contributed by atoms with Crippen molar-refractivity contribution in [3.05, 3.63) is 76.7 Å². The molecule has 10 heteroatoms. The molecule has 1 aliphatic rings. The zero-order valence-electron chi connectivity index (χ0n) is 18.9. The molecule has 0 radical (unpaired) electrons. The van der Waals surface area contributed by atoms with Gasteiger partial charge in [0.15, 0.2) is 0 Å². The number of amides is 1. The Morgan fingerprint density at radius 2 is 1.71 bits per heavy atom. The predicted octanol–water partition coefficient (Wildman–Crippen LogP) is 3.94. The lowest BCUT2D eigenvalue weighted by atomic mass is 10.1. The molecule has 2 aromatic heterocycles. The molecule has 2 aromatic carbocycles. The summed E-state index contributed by atoms with van der Waals surface area (Å²) < 4.78 is 28.4. The van der Waals surface area contributed by atoms with Gasteiger partial charge in [0, 0.05) is 29.7 Å². The number of thiophene rings is 1. The van der Waals surface area contributed by atoms with E-state index in [1.54, 1.807) is 12.1 Å². The number of hydrogen-bond acceptors (Lipinski definition) is 6. The van der Waals surface area contributed by atoms with E-state index in [-0.39, 0.29) is 17.0 Å². The van der Waals surface area contributed by atoms with Crippen molar-refractivity contribution in [2.75, 3.05) is 18.4 Å². The average molecular weight is 509 g/mol. The number of nitrogens with zero attached hydrogens (tertiary/aromatic N) is 3. The maximum Gasteiger partial charge on any atom is 0.263 e. The summed E-state index contributed by atoms with van der Waals surface area (Å²) in [6.07, 6.45) is 4.16. The minimum absolute atomic E-state index is 0.203. The van der Waals surface area contributed by atoms with E-state index in [0.717, 1.165) is 30.4 Å². The molecular formula is C25H24N4O4S2. The van der Waals surface area contributed by atoms with Crippen molar-refractivity contribution in [2.24, 2.45) is 0 Å². The van der Waals surface area contributed by atoms with Crippen LogP contribution in [0.2, 0.25) is 0 Å². The molecular weight excluding hydrogens is 484 g/mol. The summed E-state index contributed by atoms with van der Waals surface area (Å²) in [7, 11) is -3.54. The van der Waals surface area contributed by atoms with Crippen LogP contribution in [0.5, 0.6) is 0 Å². The normalized spacial score (nSPS) is 14.7. The monoisotopic (exact) mass is 508 g/mol. The molecule has 1 aliphatic heterocycles. The first-order valence-electron chi connectivity index (χ1n) is 11.4. The van der Waals surface area contributed by atoms with Gasteiger partial charge in [0.25, 0.3) is 5.56 Å². The third-order valence-corrected chi connectivity index (χ3v) is 8.85. The number of hydrogen-bond donors (Lipinski definition) is 1. The maximum atomic E-state index is 13.2. The van der Waals surface area contributed by atoms with E-state index in [1.165, 1.54) is 38.7 Å². The van der Waals surface area contributed by atoms with Gasteiger partial charge in [0.05, 0.1) is 16.6 Å². The summed E-state index contributed by atoms with van der Waals surface area (Å²) >= 11 is 1.39. The number of fused-ring (bicyclic) bond motifs is 1. The van der Waals surface area contributed by atoms with E-state index in [1.807, 2.05) is 35.7 Å². The summed E-state index contributed by atoms with van der Waals surface area (Å²) in [4.78, 5) is 31.0. The molecule has 8 nitrogen and oxygen atoms in total. The number of benzene rings is 2. The van der Waals surface area contributed by atoms with E-state index in [4.69, 9.17) is 0 Å². The van der Waals surface area contributed by atoms with Crippen LogP contribution in [0, 0.1) is 0 Å². The summed E-state index contributed by atoms with van der Waals surface area (Å²) in [5.41, 5.74) is 1.88. The second-order valence-corrected chi connectivity index (χ2v) is 11.2. The van der Waals surface area contributed by atoms with Crippen molar-refractivity contribution in [3.63, 3.8) is 0 Å². The van der Waals surface area contributed by atoms with Gasteiger partial charge in [0.1, 0.15) is 11.4 Å². The van der Waals surface area contributed by atoms with Crippen molar-refractivity contribution in [1.82, 2.24) is 13.9 Å². The number of rotatable bonds is 6. The van der Waals surface area contributed by atoms with Gasteiger partial charge in [-0.1, -0.05) is 36.8 Å². The highest BCUT2D eigenvalue weighted by molar-refractivity contribution is 7.89. The number of nitrogens with one attached hydrogen (secondary N) is 1. The van der Waals surface area contributed by atoms with Gasteiger partial charge in [-0.2, -0.15) is 4.31 Å². The van der Waals surface area contributed by atoms with Gasteiger partial charge in [-0.05, 0) is 42.7 Å². The van der Waals surface area contributed by atoms with Crippen LogP contribution in [-0.2, 0) is 21.4 Å². The molecule has 4 aromatic rings. The topological polar surface area (TPSA) is 101 Å². The fraction of sp³-hybridized carbons (Fsp3) is 0.240. The standard InChI is InChI=1S/C25H24N4O4S2/c30-22(27-19-9-11-20(12-10-19)35(32,33)29-13-5-2-6-14-29)15-28-17-26-24-23(25(28)31)21(16-34-24)18-7-3-1-4-8-18/h1,3-4,7-12,16-17H,2,5-6,13-15H2,(H,27,30). The molecule has 0 atom stereocenters. The Bertz CT molecular complexity index is 1520. The first-order chi connectivity index (χ1) is 16.9. The van der Waals surface area contributed by atoms with Crippen LogP contribution >= 0.6 is 11.3 Å². The number of sulfonamides is 1. The van der Waals surface area contributed by atoms with Gasteiger partial charge in [-0.15, -0.1) is 11.3 Å². The summed E-state index contributed by atoms with van der Waals surface area (Å²) in [5, 5.41) is 5.12. The highest BCUT2D eigenvalue weighted by Crippen LogP contribution is 2.30. The second-order valence-electron chi connectivity index (χ2n) is 8.41. The van der Waals surface area contributed by atoms with Gasteiger partial charge in [-0.3, -0.25) is 14.2 Å². The van der Waals surface area contributed by atoms with Crippen LogP contribution in [0.3, 0.4) is 0 Å². The Labute approximate surface area is 206 Å². The molecule has 3 heterocycles. The smallest absolute Gasteiger partial charge is 0.263 e. The number of piperidine rings is 1. The van der Waals surface area contributed by atoms with Crippen molar-refractivity contribution in [3.8, 4) is 11.1 Å². The minimum atomic E-state index is -3.54. The third kappa shape index (κ3) is 4.77. The molecule has 0 bridgehead atoms. The number of carbonyl (C=O) groups excluding carboxylic acids is 1. The first kappa shape index (κ1) is 23.4. The highest BCUT2D eigenvalue weighted by atomic mass is 32.2. The van der Waals surface area contributed by atoms with E-state index in [9.17, 15) is 18.0 Å². The van der Waals surface area contributed by atoms with Crippen molar-refractivity contribution < 1.29 is 13.2 Å². The first-order valence-corrected chi connectivity index (χ1v) is 13.7. The van der Waals surface area contributed by atoms with Crippen LogP contribution in [0.25, 0.3) is 21.3 Å². The highest BCUT2D eigenvalue weighted by Gasteiger charge is 2.25. The van der Waals surface area contributed by atoms with E-state index in [0.29, 0.717) is 29.0 Å².